The van der Waals surface area contributed by atoms with Gasteiger partial charge in [0.15, 0.2) is 0 Å². The number of nitrogens with zero attached hydrogens (tertiary/aromatic N) is 3. The van der Waals surface area contributed by atoms with Gasteiger partial charge >= 0.3 is 0 Å². The van der Waals surface area contributed by atoms with Crippen molar-refractivity contribution >= 4 is 0 Å². The number of hydrogen-bond acceptors (Lipinski definition) is 3. The minimum Gasteiger partial charge on any atom is -0.261 e. The maximum atomic E-state index is 9.53. The van der Waals surface area contributed by atoms with Gasteiger partial charge < -0.3 is 0 Å². The Morgan fingerprint density at radius 2 is 1.95 bits per heavy atom. The van der Waals surface area contributed by atoms with Crippen LogP contribution in [0.1, 0.15) is 49.1 Å². The fraction of sp³-hybridized carbons (Fsp3) is 0.353. The quantitative estimate of drug-likeness (QED) is 0.831. The first-order valence-corrected chi connectivity index (χ1v) is 6.70. The van der Waals surface area contributed by atoms with E-state index in [1.54, 1.807) is 18.6 Å². The van der Waals surface area contributed by atoms with E-state index in [-0.39, 0.29) is 11.3 Å². The van der Waals surface area contributed by atoms with Gasteiger partial charge in [0.25, 0.3) is 0 Å². The number of aryl methyl sites for hydroxylation is 1. The van der Waals surface area contributed by atoms with E-state index in [4.69, 9.17) is 0 Å². The molecule has 20 heavy (non-hydrogen) atoms. The average Bonchev–Trinajstić information content (AvgIpc) is 2.41. The summed E-state index contributed by atoms with van der Waals surface area (Å²) in [5.74, 6) is -0.369. The molecule has 2 aromatic rings. The van der Waals surface area contributed by atoms with Gasteiger partial charge in [-0.1, -0.05) is 39.0 Å². The molecule has 1 unspecified atom stereocenters. The van der Waals surface area contributed by atoms with Gasteiger partial charge in [-0.05, 0) is 29.0 Å². The fourth-order valence-electron chi connectivity index (χ4n) is 2.17. The van der Waals surface area contributed by atoms with Crippen molar-refractivity contribution in [2.45, 2.75) is 39.0 Å². The molecule has 3 heteroatoms. The van der Waals surface area contributed by atoms with Gasteiger partial charge in [0.05, 0.1) is 18.0 Å². The number of benzene rings is 1. The maximum Gasteiger partial charge on any atom is 0.115 e. The van der Waals surface area contributed by atoms with Crippen molar-refractivity contribution in [3.63, 3.8) is 0 Å². The van der Waals surface area contributed by atoms with Gasteiger partial charge in [0.1, 0.15) is 5.92 Å². The maximum absolute atomic E-state index is 9.53. The molecule has 3 nitrogen and oxygen atoms in total. The third-order valence-corrected chi connectivity index (χ3v) is 3.46. The molecular weight excluding hydrogens is 246 g/mol. The summed E-state index contributed by atoms with van der Waals surface area (Å²) in [6.45, 7) is 8.55. The lowest BCUT2D eigenvalue weighted by Gasteiger charge is -2.22. The molecule has 0 amide bonds. The summed E-state index contributed by atoms with van der Waals surface area (Å²) in [6.07, 6.45) is 4.91. The minimum atomic E-state index is -0.369. The second kappa shape index (κ2) is 5.42. The zero-order valence-corrected chi connectivity index (χ0v) is 12.4. The van der Waals surface area contributed by atoms with Gasteiger partial charge in [-0.15, -0.1) is 0 Å². The van der Waals surface area contributed by atoms with E-state index >= 15 is 0 Å². The summed E-state index contributed by atoms with van der Waals surface area (Å²) in [5, 5.41) is 9.53. The van der Waals surface area contributed by atoms with E-state index in [2.05, 4.69) is 55.0 Å². The summed E-state index contributed by atoms with van der Waals surface area (Å²) in [4.78, 5) is 8.34. The summed E-state index contributed by atoms with van der Waals surface area (Å²) in [7, 11) is 0. The largest absolute Gasteiger partial charge is 0.261 e. The predicted octanol–water partition coefficient (Wildman–Crippen LogP) is 3.74. The highest BCUT2D eigenvalue weighted by atomic mass is 14.8. The third kappa shape index (κ3) is 2.85. The van der Waals surface area contributed by atoms with Crippen molar-refractivity contribution < 1.29 is 0 Å². The Bertz CT molecular complexity index is 634. The van der Waals surface area contributed by atoms with E-state index in [1.807, 2.05) is 6.92 Å². The van der Waals surface area contributed by atoms with Gasteiger partial charge in [0.2, 0.25) is 0 Å². The Morgan fingerprint density at radius 1 is 1.20 bits per heavy atom. The summed E-state index contributed by atoms with van der Waals surface area (Å²) in [5.41, 5.74) is 4.10. The summed E-state index contributed by atoms with van der Waals surface area (Å²) in [6, 6.07) is 8.68. The highest BCUT2D eigenvalue weighted by Crippen LogP contribution is 2.30. The molecule has 1 heterocycles. The second-order valence-electron chi connectivity index (χ2n) is 6.01. The molecule has 0 saturated carbocycles. The topological polar surface area (TPSA) is 49.6 Å². The lowest BCUT2D eigenvalue weighted by atomic mass is 9.82. The van der Waals surface area contributed by atoms with Crippen LogP contribution in [0.15, 0.2) is 36.8 Å². The van der Waals surface area contributed by atoms with Gasteiger partial charge in [0, 0.05) is 12.4 Å². The van der Waals surface area contributed by atoms with E-state index in [1.165, 1.54) is 5.56 Å². The molecule has 1 aromatic heterocycles. The zero-order valence-electron chi connectivity index (χ0n) is 12.4. The van der Waals surface area contributed by atoms with Crippen LogP contribution in [0.5, 0.6) is 0 Å². The van der Waals surface area contributed by atoms with Crippen LogP contribution in [0.3, 0.4) is 0 Å². The summed E-state index contributed by atoms with van der Waals surface area (Å²) >= 11 is 0. The lowest BCUT2D eigenvalue weighted by molar-refractivity contribution is 0.589. The lowest BCUT2D eigenvalue weighted by Crippen LogP contribution is -2.13. The Kier molecular flexibility index (Phi) is 3.85. The number of nitriles is 1. The average molecular weight is 265 g/mol. The first-order valence-electron chi connectivity index (χ1n) is 6.70. The molecule has 0 N–H and O–H groups in total. The van der Waals surface area contributed by atoms with E-state index in [9.17, 15) is 5.26 Å². The molecule has 0 aliphatic carbocycles. The van der Waals surface area contributed by atoms with Crippen LogP contribution in [0.25, 0.3) is 0 Å². The van der Waals surface area contributed by atoms with Crippen molar-refractivity contribution in [1.82, 2.24) is 9.97 Å². The smallest absolute Gasteiger partial charge is 0.115 e. The third-order valence-electron chi connectivity index (χ3n) is 3.46. The van der Waals surface area contributed by atoms with Crippen molar-refractivity contribution in [3.05, 3.63) is 59.2 Å². The molecule has 0 fully saturated rings. The minimum absolute atomic E-state index is 0.0603. The zero-order chi connectivity index (χ0) is 14.8. The van der Waals surface area contributed by atoms with Crippen molar-refractivity contribution in [3.8, 4) is 6.07 Å². The number of aromatic nitrogens is 2. The first kappa shape index (κ1) is 14.2. The van der Waals surface area contributed by atoms with Crippen molar-refractivity contribution in [2.75, 3.05) is 0 Å². The molecule has 1 atom stereocenters. The fourth-order valence-corrected chi connectivity index (χ4v) is 2.17. The van der Waals surface area contributed by atoms with Crippen LogP contribution in [0.2, 0.25) is 0 Å². The van der Waals surface area contributed by atoms with E-state index in [0.29, 0.717) is 5.69 Å². The highest BCUT2D eigenvalue weighted by Gasteiger charge is 2.21. The van der Waals surface area contributed by atoms with Crippen LogP contribution >= 0.6 is 0 Å². The second-order valence-corrected chi connectivity index (χ2v) is 6.01. The first-order chi connectivity index (χ1) is 9.43. The van der Waals surface area contributed by atoms with Crippen LogP contribution in [-0.2, 0) is 5.41 Å². The molecule has 1 aromatic carbocycles. The predicted molar refractivity (Wildman–Crippen MR) is 79.4 cm³/mol. The summed E-state index contributed by atoms with van der Waals surface area (Å²) < 4.78 is 0. The SMILES string of the molecule is Cc1ccc(C(C)(C)C)cc1C(C#N)c1cnccn1. The molecule has 0 spiro atoms. The standard InChI is InChI=1S/C17H19N3/c1-12-5-6-13(17(2,3)4)9-14(12)15(10-18)16-11-19-7-8-20-16/h5-9,11,15H,1-4H3. The van der Waals surface area contributed by atoms with E-state index < -0.39 is 0 Å². The Morgan fingerprint density at radius 3 is 2.50 bits per heavy atom. The van der Waals surface area contributed by atoms with Gasteiger partial charge in [-0.3, -0.25) is 9.97 Å². The van der Waals surface area contributed by atoms with Gasteiger partial charge in [-0.25, -0.2) is 0 Å². The molecular formula is C17H19N3. The van der Waals surface area contributed by atoms with Crippen LogP contribution in [0, 0.1) is 18.3 Å². The highest BCUT2D eigenvalue weighted by molar-refractivity contribution is 5.43. The number of hydrogen-bond donors (Lipinski definition) is 0. The number of rotatable bonds is 2. The van der Waals surface area contributed by atoms with Crippen LogP contribution in [-0.4, -0.2) is 9.97 Å². The van der Waals surface area contributed by atoms with Gasteiger partial charge in [-0.2, -0.15) is 5.26 Å². The molecule has 0 saturated heterocycles. The van der Waals surface area contributed by atoms with Crippen LogP contribution in [0.4, 0.5) is 0 Å². The van der Waals surface area contributed by atoms with E-state index in [0.717, 1.165) is 11.1 Å². The van der Waals surface area contributed by atoms with Crippen molar-refractivity contribution in [2.24, 2.45) is 0 Å². The Hall–Kier alpha value is -2.21. The Balaban J connectivity index is 2.53. The van der Waals surface area contributed by atoms with Crippen LogP contribution < -0.4 is 0 Å². The molecule has 0 bridgehead atoms. The molecule has 0 aliphatic rings. The molecule has 0 aliphatic heterocycles. The molecule has 102 valence electrons. The molecule has 2 rings (SSSR count). The monoisotopic (exact) mass is 265 g/mol. The van der Waals surface area contributed by atoms with Crippen molar-refractivity contribution in [1.29, 1.82) is 5.26 Å². The molecule has 0 radical (unpaired) electrons. The Labute approximate surface area is 120 Å². The normalized spacial score (nSPS) is 12.8.